The van der Waals surface area contributed by atoms with Crippen molar-refractivity contribution < 1.29 is 9.59 Å². The summed E-state index contributed by atoms with van der Waals surface area (Å²) in [7, 11) is 0. The van der Waals surface area contributed by atoms with Gasteiger partial charge in [0.05, 0.1) is 18.2 Å². The van der Waals surface area contributed by atoms with Crippen molar-refractivity contribution in [2.45, 2.75) is 26.2 Å². The van der Waals surface area contributed by atoms with Crippen molar-refractivity contribution in [3.8, 4) is 6.07 Å². The summed E-state index contributed by atoms with van der Waals surface area (Å²) in [5, 5.41) is 11.5. The molecule has 0 spiro atoms. The predicted octanol–water partition coefficient (Wildman–Crippen LogP) is 2.15. The standard InChI is InChI=1S/C16H19N3O2/c1-2-3-13-8-16(21)19(10-13)11-15(20)18-14-6-4-12(9-17)5-7-14/h4-7,13H,2-3,8,10-11H2,1H3,(H,18,20). The van der Waals surface area contributed by atoms with E-state index in [0.717, 1.165) is 12.8 Å². The van der Waals surface area contributed by atoms with Crippen LogP contribution < -0.4 is 5.32 Å². The molecule has 5 heteroatoms. The van der Waals surface area contributed by atoms with Gasteiger partial charge in [0.25, 0.3) is 0 Å². The van der Waals surface area contributed by atoms with Gasteiger partial charge in [0.1, 0.15) is 0 Å². The molecular weight excluding hydrogens is 266 g/mol. The van der Waals surface area contributed by atoms with Crippen molar-refractivity contribution in [1.29, 1.82) is 5.26 Å². The lowest BCUT2D eigenvalue weighted by Crippen LogP contribution is -2.34. The first-order valence-corrected chi connectivity index (χ1v) is 7.20. The van der Waals surface area contributed by atoms with Gasteiger partial charge >= 0.3 is 0 Å². The molecule has 0 saturated carbocycles. The molecule has 1 fully saturated rings. The quantitative estimate of drug-likeness (QED) is 0.900. The van der Waals surface area contributed by atoms with E-state index in [4.69, 9.17) is 5.26 Å². The van der Waals surface area contributed by atoms with Crippen LogP contribution in [0.2, 0.25) is 0 Å². The topological polar surface area (TPSA) is 73.2 Å². The zero-order valence-corrected chi connectivity index (χ0v) is 12.1. The maximum absolute atomic E-state index is 12.0. The molecule has 0 aromatic heterocycles. The molecule has 0 radical (unpaired) electrons. The molecule has 5 nitrogen and oxygen atoms in total. The fraction of sp³-hybridized carbons (Fsp3) is 0.438. The number of anilines is 1. The highest BCUT2D eigenvalue weighted by Crippen LogP contribution is 2.21. The van der Waals surface area contributed by atoms with Crippen LogP contribution in [-0.2, 0) is 9.59 Å². The molecule has 2 rings (SSSR count). The summed E-state index contributed by atoms with van der Waals surface area (Å²) in [4.78, 5) is 25.4. The van der Waals surface area contributed by atoms with E-state index in [-0.39, 0.29) is 18.4 Å². The summed E-state index contributed by atoms with van der Waals surface area (Å²) >= 11 is 0. The van der Waals surface area contributed by atoms with Crippen LogP contribution in [-0.4, -0.2) is 29.8 Å². The van der Waals surface area contributed by atoms with Crippen molar-refractivity contribution in [3.63, 3.8) is 0 Å². The third-order valence-corrected chi connectivity index (χ3v) is 3.62. The number of amides is 2. The number of benzene rings is 1. The van der Waals surface area contributed by atoms with Crippen molar-refractivity contribution in [2.75, 3.05) is 18.4 Å². The summed E-state index contributed by atoms with van der Waals surface area (Å²) in [6.07, 6.45) is 2.64. The van der Waals surface area contributed by atoms with Gasteiger partial charge in [0.2, 0.25) is 11.8 Å². The normalized spacial score (nSPS) is 17.6. The molecule has 1 aromatic carbocycles. The number of nitrogens with zero attached hydrogens (tertiary/aromatic N) is 2. The zero-order valence-electron chi connectivity index (χ0n) is 12.1. The van der Waals surface area contributed by atoms with Gasteiger partial charge in [-0.1, -0.05) is 13.3 Å². The van der Waals surface area contributed by atoms with Crippen LogP contribution in [0.5, 0.6) is 0 Å². The first kappa shape index (κ1) is 15.0. The molecule has 1 aliphatic rings. The second kappa shape index (κ2) is 6.89. The Morgan fingerprint density at radius 2 is 2.14 bits per heavy atom. The molecule has 1 unspecified atom stereocenters. The summed E-state index contributed by atoms with van der Waals surface area (Å²) in [6, 6.07) is 8.68. The molecule has 2 amide bonds. The molecule has 1 aliphatic heterocycles. The van der Waals surface area contributed by atoms with E-state index < -0.39 is 0 Å². The number of nitrogens with one attached hydrogen (secondary N) is 1. The van der Waals surface area contributed by atoms with E-state index in [9.17, 15) is 9.59 Å². The van der Waals surface area contributed by atoms with E-state index >= 15 is 0 Å². The Kier molecular flexibility index (Phi) is 4.94. The lowest BCUT2D eigenvalue weighted by Gasteiger charge is -2.16. The second-order valence-corrected chi connectivity index (χ2v) is 5.37. The molecule has 110 valence electrons. The zero-order chi connectivity index (χ0) is 15.2. The summed E-state index contributed by atoms with van der Waals surface area (Å²) in [6.45, 7) is 2.87. The van der Waals surface area contributed by atoms with Gasteiger partial charge in [-0.25, -0.2) is 0 Å². The van der Waals surface area contributed by atoms with Gasteiger partial charge in [0.15, 0.2) is 0 Å². The fourth-order valence-electron chi connectivity index (χ4n) is 2.61. The minimum atomic E-state index is -0.204. The maximum atomic E-state index is 12.0. The Morgan fingerprint density at radius 1 is 1.43 bits per heavy atom. The molecule has 1 aromatic rings. The Bertz CT molecular complexity index is 560. The lowest BCUT2D eigenvalue weighted by atomic mass is 10.0. The first-order chi connectivity index (χ1) is 10.1. The molecule has 21 heavy (non-hydrogen) atoms. The van der Waals surface area contributed by atoms with Crippen LogP contribution in [0.25, 0.3) is 0 Å². The van der Waals surface area contributed by atoms with Crippen molar-refractivity contribution in [1.82, 2.24) is 4.90 Å². The summed E-state index contributed by atoms with van der Waals surface area (Å²) < 4.78 is 0. The summed E-state index contributed by atoms with van der Waals surface area (Å²) in [5.41, 5.74) is 1.18. The third kappa shape index (κ3) is 4.06. The highest BCUT2D eigenvalue weighted by atomic mass is 16.2. The van der Waals surface area contributed by atoms with Crippen LogP contribution in [0.15, 0.2) is 24.3 Å². The average Bonchev–Trinajstić information content (AvgIpc) is 2.80. The Morgan fingerprint density at radius 3 is 2.76 bits per heavy atom. The summed E-state index contributed by atoms with van der Waals surface area (Å²) in [5.74, 6) is 0.235. The van der Waals surface area contributed by atoms with Gasteiger partial charge in [-0.05, 0) is 36.6 Å². The van der Waals surface area contributed by atoms with Gasteiger partial charge in [0, 0.05) is 18.7 Å². The van der Waals surface area contributed by atoms with E-state index in [0.29, 0.717) is 30.1 Å². The predicted molar refractivity (Wildman–Crippen MR) is 79.4 cm³/mol. The maximum Gasteiger partial charge on any atom is 0.243 e. The van der Waals surface area contributed by atoms with Crippen LogP contribution in [0.3, 0.4) is 0 Å². The molecule has 0 bridgehead atoms. The van der Waals surface area contributed by atoms with E-state index in [1.807, 2.05) is 6.07 Å². The number of nitriles is 1. The molecular formula is C16H19N3O2. The first-order valence-electron chi connectivity index (χ1n) is 7.20. The molecule has 1 heterocycles. The third-order valence-electron chi connectivity index (χ3n) is 3.62. The van der Waals surface area contributed by atoms with Crippen LogP contribution in [0.1, 0.15) is 31.7 Å². The van der Waals surface area contributed by atoms with Crippen molar-refractivity contribution in [3.05, 3.63) is 29.8 Å². The smallest absolute Gasteiger partial charge is 0.243 e. The molecule has 1 atom stereocenters. The minimum absolute atomic E-state index is 0.0587. The van der Waals surface area contributed by atoms with Gasteiger partial charge in [-0.15, -0.1) is 0 Å². The van der Waals surface area contributed by atoms with Crippen molar-refractivity contribution in [2.24, 2.45) is 5.92 Å². The molecule has 0 aliphatic carbocycles. The van der Waals surface area contributed by atoms with E-state index in [2.05, 4.69) is 12.2 Å². The number of carbonyl (C=O) groups is 2. The van der Waals surface area contributed by atoms with Gasteiger partial charge in [-0.3, -0.25) is 9.59 Å². The Labute approximate surface area is 124 Å². The molecule has 1 N–H and O–H groups in total. The van der Waals surface area contributed by atoms with Gasteiger partial charge < -0.3 is 10.2 Å². The molecule has 1 saturated heterocycles. The SMILES string of the molecule is CCCC1CC(=O)N(CC(=O)Nc2ccc(C#N)cc2)C1. The number of rotatable bonds is 5. The monoisotopic (exact) mass is 285 g/mol. The van der Waals surface area contributed by atoms with Crippen LogP contribution in [0, 0.1) is 17.2 Å². The Balaban J connectivity index is 1.87. The van der Waals surface area contributed by atoms with Crippen molar-refractivity contribution >= 4 is 17.5 Å². The number of carbonyl (C=O) groups excluding carboxylic acids is 2. The highest BCUT2D eigenvalue weighted by molar-refractivity contribution is 5.95. The van der Waals surface area contributed by atoms with E-state index in [1.54, 1.807) is 29.2 Å². The average molecular weight is 285 g/mol. The van der Waals surface area contributed by atoms with Crippen LogP contribution >= 0.6 is 0 Å². The number of hydrogen-bond donors (Lipinski definition) is 1. The largest absolute Gasteiger partial charge is 0.333 e. The van der Waals surface area contributed by atoms with E-state index in [1.165, 1.54) is 0 Å². The highest BCUT2D eigenvalue weighted by Gasteiger charge is 2.29. The second-order valence-electron chi connectivity index (χ2n) is 5.37. The van der Waals surface area contributed by atoms with Crippen LogP contribution in [0.4, 0.5) is 5.69 Å². The Hall–Kier alpha value is -2.35. The number of likely N-dealkylation sites (tertiary alicyclic amines) is 1. The van der Waals surface area contributed by atoms with Gasteiger partial charge in [-0.2, -0.15) is 5.26 Å². The minimum Gasteiger partial charge on any atom is -0.333 e. The number of hydrogen-bond acceptors (Lipinski definition) is 3. The lowest BCUT2D eigenvalue weighted by molar-refractivity contribution is -0.131. The fourth-order valence-corrected chi connectivity index (χ4v) is 2.61.